The molecule has 0 saturated carbocycles. The Morgan fingerprint density at radius 2 is 1.96 bits per heavy atom. The molecule has 0 fully saturated rings. The van der Waals surface area contributed by atoms with Gasteiger partial charge < -0.3 is 5.32 Å². The SMILES string of the molecule is CNc1cnc2c(c1)c(C#Cc1ccc(Cl)cc1F)cn2C(F)F. The molecule has 3 nitrogen and oxygen atoms in total. The van der Waals surface area contributed by atoms with E-state index in [0.29, 0.717) is 16.6 Å². The lowest BCUT2D eigenvalue weighted by Crippen LogP contribution is -1.97. The van der Waals surface area contributed by atoms with Crippen LogP contribution in [0.5, 0.6) is 0 Å². The predicted molar refractivity (Wildman–Crippen MR) is 87.9 cm³/mol. The van der Waals surface area contributed by atoms with Crippen molar-refractivity contribution < 1.29 is 13.2 Å². The summed E-state index contributed by atoms with van der Waals surface area (Å²) in [5.41, 5.74) is 1.25. The average Bonchev–Trinajstić information content (AvgIpc) is 2.92. The highest BCUT2D eigenvalue weighted by molar-refractivity contribution is 6.30. The Morgan fingerprint density at radius 3 is 2.62 bits per heavy atom. The molecule has 1 N–H and O–H groups in total. The molecular weight excluding hydrogens is 339 g/mol. The minimum Gasteiger partial charge on any atom is -0.387 e. The monoisotopic (exact) mass is 349 g/mol. The number of hydrogen-bond donors (Lipinski definition) is 1. The number of fused-ring (bicyclic) bond motifs is 1. The van der Waals surface area contributed by atoms with E-state index in [-0.39, 0.29) is 16.2 Å². The van der Waals surface area contributed by atoms with Gasteiger partial charge in [0.25, 0.3) is 0 Å². The van der Waals surface area contributed by atoms with Crippen LogP contribution < -0.4 is 5.32 Å². The summed E-state index contributed by atoms with van der Waals surface area (Å²) < 4.78 is 40.8. The van der Waals surface area contributed by atoms with Gasteiger partial charge in [-0.25, -0.2) is 9.37 Å². The molecule has 0 aliphatic carbocycles. The average molecular weight is 350 g/mol. The van der Waals surface area contributed by atoms with Gasteiger partial charge in [0.1, 0.15) is 11.5 Å². The molecular formula is C17H11ClF3N3. The summed E-state index contributed by atoms with van der Waals surface area (Å²) in [7, 11) is 1.70. The van der Waals surface area contributed by atoms with Gasteiger partial charge in [-0.1, -0.05) is 23.4 Å². The number of aromatic nitrogens is 2. The van der Waals surface area contributed by atoms with Crippen LogP contribution in [0.25, 0.3) is 11.0 Å². The van der Waals surface area contributed by atoms with E-state index in [0.717, 1.165) is 10.6 Å². The first-order chi connectivity index (χ1) is 11.5. The normalized spacial score (nSPS) is 10.8. The molecule has 2 heterocycles. The molecule has 122 valence electrons. The third-order valence-corrected chi connectivity index (χ3v) is 3.67. The molecule has 0 unspecified atom stereocenters. The minimum absolute atomic E-state index is 0.116. The number of nitrogens with one attached hydrogen (secondary N) is 1. The van der Waals surface area contributed by atoms with Crippen molar-refractivity contribution in [1.82, 2.24) is 9.55 Å². The number of pyridine rings is 1. The summed E-state index contributed by atoms with van der Waals surface area (Å²) in [6.07, 6.45) is 2.67. The van der Waals surface area contributed by atoms with Crippen molar-refractivity contribution in [3.8, 4) is 11.8 Å². The lowest BCUT2D eigenvalue weighted by atomic mass is 10.1. The fourth-order valence-corrected chi connectivity index (χ4v) is 2.40. The quantitative estimate of drug-likeness (QED) is 0.682. The zero-order chi connectivity index (χ0) is 17.3. The fraction of sp³-hybridized carbons (Fsp3) is 0.118. The van der Waals surface area contributed by atoms with Crippen LogP contribution >= 0.6 is 11.6 Å². The van der Waals surface area contributed by atoms with E-state index in [4.69, 9.17) is 11.6 Å². The molecule has 0 saturated heterocycles. The number of rotatable bonds is 2. The highest BCUT2D eigenvalue weighted by Crippen LogP contribution is 2.26. The van der Waals surface area contributed by atoms with E-state index >= 15 is 0 Å². The largest absolute Gasteiger partial charge is 0.387 e. The molecule has 0 atom stereocenters. The van der Waals surface area contributed by atoms with E-state index < -0.39 is 12.4 Å². The molecule has 2 aromatic heterocycles. The van der Waals surface area contributed by atoms with Crippen LogP contribution in [0.2, 0.25) is 5.02 Å². The number of alkyl halides is 2. The van der Waals surface area contributed by atoms with Crippen molar-refractivity contribution in [2.45, 2.75) is 6.55 Å². The molecule has 1 aromatic carbocycles. The molecule has 0 amide bonds. The Hall–Kier alpha value is -2.65. The van der Waals surface area contributed by atoms with E-state index in [1.807, 2.05) is 0 Å². The molecule has 0 aliphatic heterocycles. The summed E-state index contributed by atoms with van der Waals surface area (Å²) in [6.45, 7) is -2.75. The fourth-order valence-electron chi connectivity index (χ4n) is 2.24. The summed E-state index contributed by atoms with van der Waals surface area (Å²) in [4.78, 5) is 4.04. The highest BCUT2D eigenvalue weighted by atomic mass is 35.5. The topological polar surface area (TPSA) is 29.9 Å². The van der Waals surface area contributed by atoms with Gasteiger partial charge in [-0.15, -0.1) is 0 Å². The first-order valence-electron chi connectivity index (χ1n) is 6.93. The number of halogens is 4. The number of nitrogens with zero attached hydrogens (tertiary/aromatic N) is 2. The number of hydrogen-bond acceptors (Lipinski definition) is 2. The van der Waals surface area contributed by atoms with Crippen LogP contribution in [-0.4, -0.2) is 16.6 Å². The Bertz CT molecular complexity index is 970. The van der Waals surface area contributed by atoms with Crippen LogP contribution in [-0.2, 0) is 0 Å². The first-order valence-corrected chi connectivity index (χ1v) is 7.31. The molecule has 0 bridgehead atoms. The van der Waals surface area contributed by atoms with Crippen LogP contribution in [0.3, 0.4) is 0 Å². The first kappa shape index (κ1) is 16.2. The third kappa shape index (κ3) is 3.03. The van der Waals surface area contributed by atoms with Gasteiger partial charge >= 0.3 is 6.55 Å². The highest BCUT2D eigenvalue weighted by Gasteiger charge is 2.15. The van der Waals surface area contributed by atoms with Crippen molar-refractivity contribution in [2.24, 2.45) is 0 Å². The second kappa shape index (κ2) is 6.46. The minimum atomic E-state index is -2.75. The van der Waals surface area contributed by atoms with E-state index in [9.17, 15) is 13.2 Å². The van der Waals surface area contributed by atoms with Crippen LogP contribution in [0.15, 0.2) is 36.7 Å². The maximum Gasteiger partial charge on any atom is 0.320 e. The molecule has 0 radical (unpaired) electrons. The number of benzene rings is 1. The Labute approximate surface area is 141 Å². The molecule has 0 aliphatic rings. The lowest BCUT2D eigenvalue weighted by molar-refractivity contribution is 0.0746. The number of anilines is 1. The van der Waals surface area contributed by atoms with Gasteiger partial charge in [-0.3, -0.25) is 4.57 Å². The predicted octanol–water partition coefficient (Wildman–Crippen LogP) is 4.67. The van der Waals surface area contributed by atoms with Gasteiger partial charge in [0.2, 0.25) is 0 Å². The van der Waals surface area contributed by atoms with Crippen molar-refractivity contribution in [3.63, 3.8) is 0 Å². The zero-order valence-corrected chi connectivity index (χ0v) is 13.2. The molecule has 3 aromatic rings. The van der Waals surface area contributed by atoms with E-state index in [2.05, 4.69) is 22.1 Å². The van der Waals surface area contributed by atoms with Crippen molar-refractivity contribution in [1.29, 1.82) is 0 Å². The smallest absolute Gasteiger partial charge is 0.320 e. The van der Waals surface area contributed by atoms with Gasteiger partial charge in [0.15, 0.2) is 0 Å². The van der Waals surface area contributed by atoms with Crippen LogP contribution in [0.4, 0.5) is 18.9 Å². The van der Waals surface area contributed by atoms with Gasteiger partial charge in [0, 0.05) is 23.7 Å². The maximum absolute atomic E-state index is 13.8. The zero-order valence-electron chi connectivity index (χ0n) is 12.4. The van der Waals surface area contributed by atoms with Crippen molar-refractivity contribution >= 4 is 28.3 Å². The summed E-state index contributed by atoms with van der Waals surface area (Å²) in [5, 5.41) is 3.61. The Kier molecular flexibility index (Phi) is 4.36. The Morgan fingerprint density at radius 1 is 1.21 bits per heavy atom. The summed E-state index contributed by atoms with van der Waals surface area (Å²) in [6, 6.07) is 5.77. The third-order valence-electron chi connectivity index (χ3n) is 3.43. The molecule has 7 heteroatoms. The van der Waals surface area contributed by atoms with Crippen LogP contribution in [0, 0.1) is 17.7 Å². The summed E-state index contributed by atoms with van der Waals surface area (Å²) in [5.74, 6) is 4.82. The van der Waals surface area contributed by atoms with Gasteiger partial charge in [-0.05, 0) is 24.3 Å². The van der Waals surface area contributed by atoms with Gasteiger partial charge in [0.05, 0.1) is 23.0 Å². The molecule has 3 rings (SSSR count). The van der Waals surface area contributed by atoms with E-state index in [1.54, 1.807) is 13.1 Å². The standard InChI is InChI=1S/C17H11ClF3N3/c1-22-13-7-14-11(9-24(17(20)21)16(14)23-8-13)3-2-10-4-5-12(18)6-15(10)19/h4-9,17,22H,1H3. The summed E-state index contributed by atoms with van der Waals surface area (Å²) >= 11 is 5.69. The van der Waals surface area contributed by atoms with Crippen LogP contribution in [0.1, 0.15) is 17.7 Å². The lowest BCUT2D eigenvalue weighted by Gasteiger charge is -2.03. The molecule has 0 spiro atoms. The molecule has 24 heavy (non-hydrogen) atoms. The second-order valence-electron chi connectivity index (χ2n) is 4.95. The Balaban J connectivity index is 2.14. The van der Waals surface area contributed by atoms with Crippen molar-refractivity contribution in [3.05, 3.63) is 58.6 Å². The maximum atomic E-state index is 13.8. The van der Waals surface area contributed by atoms with Crippen molar-refractivity contribution in [2.75, 3.05) is 12.4 Å². The van der Waals surface area contributed by atoms with E-state index in [1.165, 1.54) is 24.5 Å². The second-order valence-corrected chi connectivity index (χ2v) is 5.38. The van der Waals surface area contributed by atoms with Gasteiger partial charge in [-0.2, -0.15) is 8.78 Å².